The van der Waals surface area contributed by atoms with Gasteiger partial charge in [-0.1, -0.05) is 20.8 Å². The first-order chi connectivity index (χ1) is 13.4. The van der Waals surface area contributed by atoms with Gasteiger partial charge in [0.15, 0.2) is 0 Å². The van der Waals surface area contributed by atoms with Crippen molar-refractivity contribution in [3.05, 3.63) is 0 Å². The van der Waals surface area contributed by atoms with E-state index in [9.17, 15) is 37.1 Å². The molecule has 0 rings (SSSR count). The molecule has 0 aliphatic heterocycles. The van der Waals surface area contributed by atoms with Crippen LogP contribution in [0.1, 0.15) is 41.0 Å². The summed E-state index contributed by atoms with van der Waals surface area (Å²) in [4.78, 5) is 61.4. The molecule has 9 nitrogen and oxygen atoms in total. The van der Waals surface area contributed by atoms with E-state index in [1.54, 1.807) is 20.8 Å². The second-order valence-corrected chi connectivity index (χ2v) is 8.26. The minimum Gasteiger partial charge on any atom is -0.350 e. The molecule has 0 aromatic carbocycles. The highest BCUT2D eigenvalue weighted by Gasteiger charge is 2.53. The number of nitrogens with one attached hydrogen (secondary N) is 3. The summed E-state index contributed by atoms with van der Waals surface area (Å²) >= 11 is 0. The molecule has 0 saturated heterocycles. The Balaban J connectivity index is 6.51. The molecule has 4 amide bonds. The van der Waals surface area contributed by atoms with Gasteiger partial charge in [-0.3, -0.25) is 24.0 Å². The van der Waals surface area contributed by atoms with Gasteiger partial charge in [-0.25, -0.2) is 0 Å². The fourth-order valence-electron chi connectivity index (χ4n) is 2.93. The first-order valence-electron chi connectivity index (χ1n) is 9.00. The van der Waals surface area contributed by atoms with E-state index in [2.05, 4.69) is 10.6 Å². The maximum atomic E-state index is 13.2. The van der Waals surface area contributed by atoms with Crippen molar-refractivity contribution >= 4 is 29.9 Å². The van der Waals surface area contributed by atoms with Gasteiger partial charge in [0.05, 0.1) is 18.5 Å². The van der Waals surface area contributed by atoms with Crippen molar-refractivity contribution in [2.45, 2.75) is 64.8 Å². The molecule has 12 heteroatoms. The Morgan fingerprint density at radius 3 is 1.87 bits per heavy atom. The average Bonchev–Trinajstić information content (AvgIpc) is 2.56. The van der Waals surface area contributed by atoms with E-state index in [4.69, 9.17) is 0 Å². The van der Waals surface area contributed by atoms with Gasteiger partial charge in [0.1, 0.15) is 5.54 Å². The minimum atomic E-state index is -5.20. The van der Waals surface area contributed by atoms with Crippen LogP contribution in [-0.2, 0) is 24.0 Å². The Labute approximate surface area is 173 Å². The first-order valence-corrected chi connectivity index (χ1v) is 9.00. The molecule has 0 aromatic heterocycles. The molecule has 0 heterocycles. The summed E-state index contributed by atoms with van der Waals surface area (Å²) in [7, 11) is 2.76. The third kappa shape index (κ3) is 6.99. The lowest BCUT2D eigenvalue weighted by Crippen LogP contribution is -2.73. The summed E-state index contributed by atoms with van der Waals surface area (Å²) in [5, 5.41) is 6.66. The number of carbonyl (C=O) groups excluding carboxylic acids is 5. The summed E-state index contributed by atoms with van der Waals surface area (Å²) in [5.74, 6) is -4.67. The maximum absolute atomic E-state index is 13.2. The van der Waals surface area contributed by atoms with Crippen LogP contribution in [0.15, 0.2) is 0 Å². The van der Waals surface area contributed by atoms with Gasteiger partial charge in [-0.2, -0.15) is 13.2 Å². The Hall–Kier alpha value is -2.66. The number of alkyl halides is 3. The van der Waals surface area contributed by atoms with Crippen molar-refractivity contribution in [3.63, 3.8) is 0 Å². The van der Waals surface area contributed by atoms with Crippen LogP contribution in [0.2, 0.25) is 0 Å². The second-order valence-electron chi connectivity index (χ2n) is 8.26. The molecule has 1 unspecified atom stereocenters. The second kappa shape index (κ2) is 9.90. The highest BCUT2D eigenvalue weighted by Crippen LogP contribution is 2.32. The van der Waals surface area contributed by atoms with E-state index in [1.165, 1.54) is 14.1 Å². The molecule has 0 aromatic rings. The number of hydrogen-bond donors (Lipinski definition) is 3. The molecule has 3 N–H and O–H groups in total. The molecule has 0 spiro atoms. The van der Waals surface area contributed by atoms with E-state index in [0.717, 1.165) is 18.7 Å². The third-order valence-electron chi connectivity index (χ3n) is 4.38. The van der Waals surface area contributed by atoms with Crippen molar-refractivity contribution in [2.24, 2.45) is 5.41 Å². The molecular weight excluding hydrogens is 409 g/mol. The fourth-order valence-corrected chi connectivity index (χ4v) is 2.93. The molecule has 0 saturated carbocycles. The zero-order valence-electron chi connectivity index (χ0n) is 18.1. The van der Waals surface area contributed by atoms with Crippen molar-refractivity contribution in [3.8, 4) is 0 Å². The van der Waals surface area contributed by atoms with Crippen LogP contribution in [-0.4, -0.2) is 72.7 Å². The van der Waals surface area contributed by atoms with Crippen molar-refractivity contribution in [1.82, 2.24) is 20.9 Å². The van der Waals surface area contributed by atoms with Gasteiger partial charge in [-0.05, 0) is 12.3 Å². The van der Waals surface area contributed by atoms with Crippen molar-refractivity contribution in [2.75, 3.05) is 14.1 Å². The lowest BCUT2D eigenvalue weighted by atomic mass is 9.71. The number of nitrogens with zero attached hydrogens (tertiary/aromatic N) is 1. The van der Waals surface area contributed by atoms with Crippen molar-refractivity contribution in [1.29, 1.82) is 0 Å². The SMILES string of the molecule is CC(=O)N[C@@H](C(C)(C)C)[C@@](CC(=O)N(C)C)(NC=O)C(=O)NC(C)C(=O)C(F)(F)F. The normalized spacial score (nSPS) is 15.8. The summed E-state index contributed by atoms with van der Waals surface area (Å²) in [5.41, 5.74) is -3.12. The monoisotopic (exact) mass is 438 g/mol. The zero-order chi connectivity index (χ0) is 24.1. The molecule has 0 aliphatic rings. The maximum Gasteiger partial charge on any atom is 0.452 e. The smallest absolute Gasteiger partial charge is 0.350 e. The number of ketones is 1. The number of Topliss-reactive ketones (excluding diaryl/α,β-unsaturated/α-hetero) is 1. The first kappa shape index (κ1) is 27.3. The summed E-state index contributed by atoms with van der Waals surface area (Å²) in [6.07, 6.45) is -5.77. The fraction of sp³-hybridized carbons (Fsp3) is 0.722. The Bertz CT molecular complexity index is 688. The molecule has 0 fully saturated rings. The molecule has 0 bridgehead atoms. The van der Waals surface area contributed by atoms with Gasteiger partial charge in [0.25, 0.3) is 5.78 Å². The molecule has 172 valence electrons. The summed E-state index contributed by atoms with van der Waals surface area (Å²) in [6.45, 7) is 6.79. The Morgan fingerprint density at radius 2 is 1.53 bits per heavy atom. The lowest BCUT2D eigenvalue weighted by Gasteiger charge is -2.45. The van der Waals surface area contributed by atoms with Gasteiger partial charge < -0.3 is 20.9 Å². The molecule has 3 atom stereocenters. The summed E-state index contributed by atoms with van der Waals surface area (Å²) < 4.78 is 38.2. The highest BCUT2D eigenvalue weighted by atomic mass is 19.4. The Morgan fingerprint density at radius 1 is 1.03 bits per heavy atom. The molecule has 0 aliphatic carbocycles. The van der Waals surface area contributed by atoms with Crippen LogP contribution in [0.4, 0.5) is 13.2 Å². The summed E-state index contributed by atoms with van der Waals surface area (Å²) in [6, 6.07) is -3.21. The minimum absolute atomic E-state index is 0.110. The number of hydrogen-bond acceptors (Lipinski definition) is 5. The number of amides is 4. The number of halogens is 3. The third-order valence-corrected chi connectivity index (χ3v) is 4.38. The van der Waals surface area contributed by atoms with E-state index >= 15 is 0 Å². The zero-order valence-corrected chi connectivity index (χ0v) is 18.1. The van der Waals surface area contributed by atoms with Crippen LogP contribution in [0.5, 0.6) is 0 Å². The largest absolute Gasteiger partial charge is 0.452 e. The van der Waals surface area contributed by atoms with Gasteiger partial charge in [-0.15, -0.1) is 0 Å². The topological polar surface area (TPSA) is 125 Å². The van der Waals surface area contributed by atoms with Gasteiger partial charge in [0, 0.05) is 21.0 Å². The molecular formula is C18H29F3N4O5. The van der Waals surface area contributed by atoms with E-state index in [0.29, 0.717) is 0 Å². The quantitative estimate of drug-likeness (QED) is 0.442. The highest BCUT2D eigenvalue weighted by molar-refractivity contribution is 5.99. The van der Waals surface area contributed by atoms with Crippen molar-refractivity contribution < 1.29 is 37.1 Å². The van der Waals surface area contributed by atoms with Gasteiger partial charge >= 0.3 is 6.18 Å². The van der Waals surface area contributed by atoms with Gasteiger partial charge in [0.2, 0.25) is 24.1 Å². The number of carbonyl (C=O) groups is 5. The Kier molecular flexibility index (Phi) is 9.02. The van der Waals surface area contributed by atoms with Crippen LogP contribution in [0, 0.1) is 5.41 Å². The number of rotatable bonds is 9. The van der Waals surface area contributed by atoms with E-state index in [1.807, 2.05) is 5.32 Å². The van der Waals surface area contributed by atoms with Crippen LogP contribution in [0.3, 0.4) is 0 Å². The average molecular weight is 438 g/mol. The predicted molar refractivity (Wildman–Crippen MR) is 101 cm³/mol. The van der Waals surface area contributed by atoms with E-state index < -0.39 is 59.1 Å². The van der Waals surface area contributed by atoms with Crippen LogP contribution < -0.4 is 16.0 Å². The molecule has 0 radical (unpaired) electrons. The predicted octanol–water partition coefficient (Wildman–Crippen LogP) is 0.136. The molecule has 30 heavy (non-hydrogen) atoms. The lowest BCUT2D eigenvalue weighted by molar-refractivity contribution is -0.173. The van der Waals surface area contributed by atoms with Crippen LogP contribution in [0.25, 0.3) is 0 Å². The standard InChI is InChI=1S/C18H29F3N4O5/c1-10(13(29)18(19,20)21)23-15(30)17(22-9-26,8-12(28)25(6)7)14(16(3,4)5)24-11(2)27/h9-10,14H,8H2,1-7H3,(H,22,26)(H,23,30)(H,24,27)/t10?,14-,17+/m0/s1. The van der Waals surface area contributed by atoms with Crippen LogP contribution >= 0.6 is 0 Å². The van der Waals surface area contributed by atoms with E-state index in [-0.39, 0.29) is 6.41 Å².